The minimum Gasteiger partial charge on any atom is -0.480 e. The maximum Gasteiger partial charge on any atom is 0.323 e. The van der Waals surface area contributed by atoms with E-state index in [1.54, 1.807) is 0 Å². The Hall–Kier alpha value is -0.650. The Labute approximate surface area is 109 Å². The first-order valence-corrected chi connectivity index (χ1v) is 6.46. The molecule has 0 aromatic rings. The van der Waals surface area contributed by atoms with Crippen molar-refractivity contribution in [3.63, 3.8) is 0 Å². The van der Waals surface area contributed by atoms with Crippen molar-refractivity contribution in [2.45, 2.75) is 51.2 Å². The maximum absolute atomic E-state index is 10.9. The molecule has 1 unspecified atom stereocenters. The van der Waals surface area contributed by atoms with Gasteiger partial charge in [-0.05, 0) is 31.1 Å². The van der Waals surface area contributed by atoms with Crippen molar-refractivity contribution in [3.05, 3.63) is 0 Å². The summed E-state index contributed by atoms with van der Waals surface area (Å²) in [5.41, 5.74) is -0.498. The average molecular weight is 259 g/mol. The number of aliphatic hydroxyl groups is 1. The van der Waals surface area contributed by atoms with Gasteiger partial charge >= 0.3 is 5.97 Å². The third-order valence-corrected chi connectivity index (χ3v) is 3.84. The van der Waals surface area contributed by atoms with Crippen LogP contribution in [0, 0.1) is 5.41 Å². The fraction of sp³-hybridized carbons (Fsp3) is 0.923. The lowest BCUT2D eigenvalue weighted by molar-refractivity contribution is -0.141. The number of carbonyl (C=O) groups is 1. The van der Waals surface area contributed by atoms with Crippen LogP contribution in [-0.2, 0) is 9.53 Å². The molecule has 1 aliphatic carbocycles. The van der Waals surface area contributed by atoms with E-state index in [2.05, 4.69) is 19.2 Å². The highest BCUT2D eigenvalue weighted by Crippen LogP contribution is 2.39. The van der Waals surface area contributed by atoms with Crippen molar-refractivity contribution >= 4 is 5.97 Å². The van der Waals surface area contributed by atoms with Crippen LogP contribution in [0.3, 0.4) is 0 Å². The van der Waals surface area contributed by atoms with Crippen LogP contribution in [0.4, 0.5) is 0 Å². The molecule has 0 bridgehead atoms. The van der Waals surface area contributed by atoms with Crippen LogP contribution in [0.25, 0.3) is 0 Å². The van der Waals surface area contributed by atoms with Crippen LogP contribution in [0.1, 0.15) is 39.5 Å². The molecule has 0 amide bonds. The Kier molecular flexibility index (Phi) is 5.13. The number of ether oxygens (including phenoxy) is 1. The van der Waals surface area contributed by atoms with Crippen molar-refractivity contribution in [2.75, 3.05) is 20.3 Å². The lowest BCUT2D eigenvalue weighted by Crippen LogP contribution is -2.51. The molecule has 0 aromatic heterocycles. The molecule has 0 radical (unpaired) electrons. The summed E-state index contributed by atoms with van der Waals surface area (Å²) in [6, 6.07) is -0.756. The van der Waals surface area contributed by atoms with E-state index in [0.717, 1.165) is 12.8 Å². The number of aliphatic carboxylic acids is 1. The van der Waals surface area contributed by atoms with Crippen molar-refractivity contribution in [3.8, 4) is 0 Å². The molecule has 1 saturated carbocycles. The van der Waals surface area contributed by atoms with Gasteiger partial charge in [-0.1, -0.05) is 13.8 Å². The third-order valence-electron chi connectivity index (χ3n) is 3.84. The molecule has 3 N–H and O–H groups in total. The molecule has 0 aromatic carbocycles. The van der Waals surface area contributed by atoms with Gasteiger partial charge in [0, 0.05) is 13.7 Å². The first kappa shape index (κ1) is 15.4. The van der Waals surface area contributed by atoms with Gasteiger partial charge in [0.1, 0.15) is 6.04 Å². The summed E-state index contributed by atoms with van der Waals surface area (Å²) < 4.78 is 4.85. The molecule has 0 aliphatic heterocycles. The van der Waals surface area contributed by atoms with Crippen molar-refractivity contribution in [2.24, 2.45) is 5.41 Å². The zero-order valence-electron chi connectivity index (χ0n) is 11.5. The number of carboxylic acid groups (broad SMARTS) is 1. The van der Waals surface area contributed by atoms with Gasteiger partial charge in [0.2, 0.25) is 0 Å². The molecular formula is C13H25NO4. The molecule has 1 aliphatic rings. The molecule has 0 heterocycles. The molecule has 106 valence electrons. The smallest absolute Gasteiger partial charge is 0.323 e. The highest BCUT2D eigenvalue weighted by Gasteiger charge is 2.37. The topological polar surface area (TPSA) is 78.8 Å². The minimum atomic E-state index is -0.948. The van der Waals surface area contributed by atoms with Crippen LogP contribution in [0.5, 0.6) is 0 Å². The van der Waals surface area contributed by atoms with E-state index in [1.165, 1.54) is 7.11 Å². The molecule has 5 nitrogen and oxygen atoms in total. The highest BCUT2D eigenvalue weighted by atomic mass is 16.5. The third kappa shape index (κ3) is 4.55. The highest BCUT2D eigenvalue weighted by molar-refractivity contribution is 5.73. The molecule has 18 heavy (non-hydrogen) atoms. The first-order valence-electron chi connectivity index (χ1n) is 6.46. The lowest BCUT2D eigenvalue weighted by Gasteiger charge is -2.40. The Morgan fingerprint density at radius 3 is 2.33 bits per heavy atom. The standard InChI is InChI=1S/C13H25NO4/c1-12(2)4-6-13(17,7-5-12)9-14-10(8-18-3)11(15)16/h10,14,17H,4-9H2,1-3H3,(H,15,16). The van der Waals surface area contributed by atoms with E-state index in [0.29, 0.717) is 19.4 Å². The first-order chi connectivity index (χ1) is 8.28. The van der Waals surface area contributed by atoms with E-state index in [-0.39, 0.29) is 12.0 Å². The fourth-order valence-electron chi connectivity index (χ4n) is 2.27. The zero-order valence-corrected chi connectivity index (χ0v) is 11.5. The van der Waals surface area contributed by atoms with Crippen LogP contribution in [-0.4, -0.2) is 48.1 Å². The number of nitrogens with one attached hydrogen (secondary N) is 1. The Balaban J connectivity index is 2.44. The van der Waals surface area contributed by atoms with Gasteiger partial charge < -0.3 is 14.9 Å². The largest absolute Gasteiger partial charge is 0.480 e. The van der Waals surface area contributed by atoms with Crippen molar-refractivity contribution < 1.29 is 19.7 Å². The predicted molar refractivity (Wildman–Crippen MR) is 68.5 cm³/mol. The van der Waals surface area contributed by atoms with Crippen LogP contribution in [0.2, 0.25) is 0 Å². The molecule has 1 rings (SSSR count). The molecule has 0 spiro atoms. The molecule has 1 fully saturated rings. The minimum absolute atomic E-state index is 0.108. The number of rotatable bonds is 6. The summed E-state index contributed by atoms with van der Waals surface area (Å²) >= 11 is 0. The lowest BCUT2D eigenvalue weighted by atomic mass is 9.71. The van der Waals surface area contributed by atoms with E-state index in [9.17, 15) is 9.90 Å². The van der Waals surface area contributed by atoms with E-state index in [4.69, 9.17) is 9.84 Å². The Bertz CT molecular complexity index is 281. The van der Waals surface area contributed by atoms with Crippen LogP contribution < -0.4 is 5.32 Å². The van der Waals surface area contributed by atoms with Gasteiger partial charge in [0.25, 0.3) is 0 Å². The maximum atomic E-state index is 10.9. The second kappa shape index (κ2) is 5.99. The van der Waals surface area contributed by atoms with Gasteiger partial charge in [-0.15, -0.1) is 0 Å². The summed E-state index contributed by atoms with van der Waals surface area (Å²) in [6.45, 7) is 4.82. The Morgan fingerprint density at radius 1 is 1.33 bits per heavy atom. The number of methoxy groups -OCH3 is 1. The average Bonchev–Trinajstić information content (AvgIpc) is 2.29. The van der Waals surface area contributed by atoms with Crippen LogP contribution >= 0.6 is 0 Å². The molecule has 0 saturated heterocycles. The van der Waals surface area contributed by atoms with Gasteiger partial charge in [-0.3, -0.25) is 10.1 Å². The van der Waals surface area contributed by atoms with Gasteiger partial charge in [-0.25, -0.2) is 0 Å². The van der Waals surface area contributed by atoms with Gasteiger partial charge in [0.15, 0.2) is 0 Å². The summed E-state index contributed by atoms with van der Waals surface area (Å²) in [5, 5.41) is 22.3. The summed E-state index contributed by atoms with van der Waals surface area (Å²) in [6.07, 6.45) is 3.36. The van der Waals surface area contributed by atoms with E-state index < -0.39 is 17.6 Å². The normalized spacial score (nSPS) is 23.6. The van der Waals surface area contributed by atoms with Crippen molar-refractivity contribution in [1.29, 1.82) is 0 Å². The Morgan fingerprint density at radius 2 is 1.89 bits per heavy atom. The fourth-order valence-corrected chi connectivity index (χ4v) is 2.27. The molecule has 5 heteroatoms. The number of carboxylic acids is 1. The number of hydrogen-bond acceptors (Lipinski definition) is 4. The van der Waals surface area contributed by atoms with Gasteiger partial charge in [0.05, 0.1) is 12.2 Å². The van der Waals surface area contributed by atoms with Crippen LogP contribution in [0.15, 0.2) is 0 Å². The second-order valence-electron chi connectivity index (χ2n) is 6.12. The quantitative estimate of drug-likeness (QED) is 0.663. The van der Waals surface area contributed by atoms with Crippen molar-refractivity contribution in [1.82, 2.24) is 5.32 Å². The number of hydrogen-bond donors (Lipinski definition) is 3. The summed E-state index contributed by atoms with van der Waals surface area (Å²) in [5.74, 6) is -0.948. The molecule has 1 atom stereocenters. The van der Waals surface area contributed by atoms with E-state index in [1.807, 2.05) is 0 Å². The second-order valence-corrected chi connectivity index (χ2v) is 6.12. The summed E-state index contributed by atoms with van der Waals surface area (Å²) in [7, 11) is 1.47. The van der Waals surface area contributed by atoms with Gasteiger partial charge in [-0.2, -0.15) is 0 Å². The monoisotopic (exact) mass is 259 g/mol. The molecular weight excluding hydrogens is 234 g/mol. The predicted octanol–water partition coefficient (Wildman–Crippen LogP) is 1.01. The summed E-state index contributed by atoms with van der Waals surface area (Å²) in [4.78, 5) is 10.9. The SMILES string of the molecule is COCC(NCC1(O)CCC(C)(C)CC1)C(=O)O. The van der Waals surface area contributed by atoms with E-state index >= 15 is 0 Å². The zero-order chi connectivity index (χ0) is 13.8.